The zero-order valence-corrected chi connectivity index (χ0v) is 14.6. The van der Waals surface area contributed by atoms with Crippen LogP contribution in [0.3, 0.4) is 0 Å². The lowest BCUT2D eigenvalue weighted by molar-refractivity contribution is -0.138. The fourth-order valence-electron chi connectivity index (χ4n) is 2.38. The molecule has 0 aliphatic heterocycles. The maximum absolute atomic E-state index is 13.2. The van der Waals surface area contributed by atoms with Crippen LogP contribution in [0, 0.1) is 5.82 Å². The third-order valence-electron chi connectivity index (χ3n) is 3.59. The zero-order valence-electron chi connectivity index (χ0n) is 14.6. The number of aromatic nitrogens is 2. The minimum absolute atomic E-state index is 0.0802. The molecule has 0 saturated heterocycles. The van der Waals surface area contributed by atoms with Crippen molar-refractivity contribution in [3.8, 4) is 0 Å². The van der Waals surface area contributed by atoms with Gasteiger partial charge < -0.3 is 10.6 Å². The summed E-state index contributed by atoms with van der Waals surface area (Å²) in [6.45, 7) is 2.76. The van der Waals surface area contributed by atoms with Crippen molar-refractivity contribution in [2.45, 2.75) is 26.1 Å². The summed E-state index contributed by atoms with van der Waals surface area (Å²) < 4.78 is 54.0. The van der Waals surface area contributed by atoms with E-state index in [1.807, 2.05) is 20.2 Å². The summed E-state index contributed by atoms with van der Waals surface area (Å²) in [5.41, 5.74) is -0.0513. The minimum Gasteiger partial charge on any atom is -0.357 e. The van der Waals surface area contributed by atoms with Gasteiger partial charge >= 0.3 is 6.18 Å². The van der Waals surface area contributed by atoms with E-state index in [9.17, 15) is 17.6 Å². The number of nitrogens with zero attached hydrogens (tertiary/aromatic N) is 3. The van der Waals surface area contributed by atoms with Crippen molar-refractivity contribution in [1.82, 2.24) is 20.4 Å². The molecule has 142 valence electrons. The number of alkyl halides is 3. The summed E-state index contributed by atoms with van der Waals surface area (Å²) in [6, 6.07) is 2.61. The number of nitrogens with one attached hydrogen (secondary N) is 2. The molecular weight excluding hydrogens is 350 g/mol. The van der Waals surface area contributed by atoms with E-state index in [2.05, 4.69) is 20.7 Å². The Bertz CT molecular complexity index is 752. The highest BCUT2D eigenvalue weighted by molar-refractivity contribution is 5.79. The molecule has 0 radical (unpaired) electrons. The van der Waals surface area contributed by atoms with Crippen LogP contribution in [0.15, 0.2) is 35.6 Å². The Morgan fingerprint density at radius 2 is 2.04 bits per heavy atom. The lowest BCUT2D eigenvalue weighted by Crippen LogP contribution is -2.38. The van der Waals surface area contributed by atoms with Crippen LogP contribution < -0.4 is 10.6 Å². The van der Waals surface area contributed by atoms with Crippen LogP contribution in [-0.4, -0.2) is 28.8 Å². The predicted octanol–water partition coefficient (Wildman–Crippen LogP) is 2.88. The molecule has 5 nitrogen and oxygen atoms in total. The van der Waals surface area contributed by atoms with Gasteiger partial charge in [0.2, 0.25) is 0 Å². The predicted molar refractivity (Wildman–Crippen MR) is 91.1 cm³/mol. The topological polar surface area (TPSA) is 54.2 Å². The monoisotopic (exact) mass is 371 g/mol. The first-order chi connectivity index (χ1) is 12.3. The van der Waals surface area contributed by atoms with E-state index in [1.165, 1.54) is 0 Å². The van der Waals surface area contributed by atoms with E-state index in [-0.39, 0.29) is 12.1 Å². The van der Waals surface area contributed by atoms with Crippen LogP contribution in [0.5, 0.6) is 0 Å². The average molecular weight is 371 g/mol. The van der Waals surface area contributed by atoms with Crippen LogP contribution in [0.4, 0.5) is 17.6 Å². The van der Waals surface area contributed by atoms with Crippen LogP contribution in [0.25, 0.3) is 0 Å². The molecular formula is C17H21F4N5. The van der Waals surface area contributed by atoms with E-state index in [0.717, 1.165) is 17.7 Å². The molecule has 0 aliphatic rings. The molecule has 2 rings (SSSR count). The molecule has 0 bridgehead atoms. The second kappa shape index (κ2) is 8.68. The van der Waals surface area contributed by atoms with Gasteiger partial charge in [-0.05, 0) is 36.6 Å². The Morgan fingerprint density at radius 3 is 2.65 bits per heavy atom. The summed E-state index contributed by atoms with van der Waals surface area (Å²) in [5.74, 6) is -0.527. The number of guanidine groups is 1. The molecule has 0 unspecified atom stereocenters. The van der Waals surface area contributed by atoms with Gasteiger partial charge in [-0.15, -0.1) is 0 Å². The minimum atomic E-state index is -4.63. The fraction of sp³-hybridized carbons (Fsp3) is 0.412. The molecule has 2 aromatic rings. The molecule has 9 heteroatoms. The summed E-state index contributed by atoms with van der Waals surface area (Å²) >= 11 is 0. The SMILES string of the molecule is CCNC(=NCc1ccc(F)cc1C(F)(F)F)NCCc1cnn(C)c1. The number of halogens is 4. The normalized spacial score (nSPS) is 12.3. The number of benzene rings is 1. The maximum atomic E-state index is 13.2. The van der Waals surface area contributed by atoms with Crippen molar-refractivity contribution in [3.05, 3.63) is 53.1 Å². The second-order valence-electron chi connectivity index (χ2n) is 5.69. The van der Waals surface area contributed by atoms with Gasteiger partial charge in [-0.3, -0.25) is 4.68 Å². The zero-order chi connectivity index (χ0) is 19.2. The van der Waals surface area contributed by atoms with Gasteiger partial charge in [0.05, 0.1) is 18.3 Å². The summed E-state index contributed by atoms with van der Waals surface area (Å²) in [7, 11) is 1.82. The van der Waals surface area contributed by atoms with Crippen molar-refractivity contribution < 1.29 is 17.6 Å². The van der Waals surface area contributed by atoms with E-state index in [1.54, 1.807) is 10.9 Å². The van der Waals surface area contributed by atoms with Crippen molar-refractivity contribution >= 4 is 5.96 Å². The third kappa shape index (κ3) is 5.75. The van der Waals surface area contributed by atoms with Crippen LogP contribution >= 0.6 is 0 Å². The molecule has 0 saturated carbocycles. The highest BCUT2D eigenvalue weighted by Gasteiger charge is 2.33. The van der Waals surface area contributed by atoms with E-state index in [0.29, 0.717) is 31.5 Å². The molecule has 26 heavy (non-hydrogen) atoms. The van der Waals surface area contributed by atoms with Gasteiger partial charge in [-0.1, -0.05) is 6.07 Å². The Kier molecular flexibility index (Phi) is 6.59. The first-order valence-corrected chi connectivity index (χ1v) is 8.15. The summed E-state index contributed by atoms with van der Waals surface area (Å²) in [4.78, 5) is 4.18. The third-order valence-corrected chi connectivity index (χ3v) is 3.59. The molecule has 0 amide bonds. The average Bonchev–Trinajstić information content (AvgIpc) is 2.98. The summed E-state index contributed by atoms with van der Waals surface area (Å²) in [5, 5.41) is 10.1. The van der Waals surface area contributed by atoms with Crippen molar-refractivity contribution in [2.24, 2.45) is 12.0 Å². The van der Waals surface area contributed by atoms with E-state index in [4.69, 9.17) is 0 Å². The molecule has 0 atom stereocenters. The lowest BCUT2D eigenvalue weighted by Gasteiger charge is -2.14. The van der Waals surface area contributed by atoms with Crippen molar-refractivity contribution in [1.29, 1.82) is 0 Å². The molecule has 1 aromatic carbocycles. The molecule has 1 aromatic heterocycles. The van der Waals surface area contributed by atoms with Gasteiger partial charge in [-0.25, -0.2) is 9.38 Å². The Balaban J connectivity index is 2.04. The molecule has 2 N–H and O–H groups in total. The van der Waals surface area contributed by atoms with Crippen molar-refractivity contribution in [2.75, 3.05) is 13.1 Å². The number of hydrogen-bond donors (Lipinski definition) is 2. The Morgan fingerprint density at radius 1 is 1.27 bits per heavy atom. The molecule has 0 spiro atoms. The smallest absolute Gasteiger partial charge is 0.357 e. The molecule has 0 fully saturated rings. The highest BCUT2D eigenvalue weighted by Crippen LogP contribution is 2.32. The lowest BCUT2D eigenvalue weighted by atomic mass is 10.1. The van der Waals surface area contributed by atoms with Gasteiger partial charge in [0.15, 0.2) is 5.96 Å². The number of hydrogen-bond acceptors (Lipinski definition) is 2. The number of aliphatic imine (C=N–C) groups is 1. The Labute approximate surface area is 149 Å². The fourth-order valence-corrected chi connectivity index (χ4v) is 2.38. The standard InChI is InChI=1S/C17H21F4N5/c1-3-22-16(23-7-6-12-9-25-26(2)11-12)24-10-13-4-5-14(18)8-15(13)17(19,20)21/h4-5,8-9,11H,3,6-7,10H2,1-2H3,(H2,22,23,24). The quantitative estimate of drug-likeness (QED) is 0.466. The number of rotatable bonds is 6. The number of aryl methyl sites for hydroxylation is 1. The first-order valence-electron chi connectivity index (χ1n) is 8.15. The highest BCUT2D eigenvalue weighted by atomic mass is 19.4. The molecule has 0 aliphatic carbocycles. The first kappa shape index (κ1) is 19.7. The van der Waals surface area contributed by atoms with Crippen LogP contribution in [-0.2, 0) is 26.2 Å². The van der Waals surface area contributed by atoms with Crippen LogP contribution in [0.1, 0.15) is 23.6 Å². The van der Waals surface area contributed by atoms with Crippen LogP contribution in [0.2, 0.25) is 0 Å². The maximum Gasteiger partial charge on any atom is 0.416 e. The second-order valence-corrected chi connectivity index (χ2v) is 5.69. The largest absolute Gasteiger partial charge is 0.416 e. The molecule has 1 heterocycles. The van der Waals surface area contributed by atoms with Crippen molar-refractivity contribution in [3.63, 3.8) is 0 Å². The van der Waals surface area contributed by atoms with Gasteiger partial charge in [0, 0.05) is 26.3 Å². The van der Waals surface area contributed by atoms with E-state index < -0.39 is 17.6 Å². The van der Waals surface area contributed by atoms with E-state index >= 15 is 0 Å². The summed E-state index contributed by atoms with van der Waals surface area (Å²) in [6.07, 6.45) is -0.290. The van der Waals surface area contributed by atoms with Gasteiger partial charge in [0.25, 0.3) is 0 Å². The van der Waals surface area contributed by atoms with Gasteiger partial charge in [0.1, 0.15) is 5.82 Å². The van der Waals surface area contributed by atoms with Gasteiger partial charge in [-0.2, -0.15) is 18.3 Å². The Hall–Kier alpha value is -2.58.